The quantitative estimate of drug-likeness (QED) is 0.927. The molecule has 1 unspecified atom stereocenters. The van der Waals surface area contributed by atoms with Crippen molar-refractivity contribution in [2.75, 3.05) is 20.1 Å². The van der Waals surface area contributed by atoms with Crippen molar-refractivity contribution in [3.8, 4) is 11.5 Å². The van der Waals surface area contributed by atoms with Gasteiger partial charge in [-0.05, 0) is 69.5 Å². The second kappa shape index (κ2) is 6.96. The van der Waals surface area contributed by atoms with Gasteiger partial charge in [0.2, 0.25) is 0 Å². The SMILES string of the molecule is CN(C(=O)c1ccc(-c2nc(C3CC3)no2)cc1)C1CCCNCC1. The van der Waals surface area contributed by atoms with E-state index in [4.69, 9.17) is 4.52 Å². The normalized spacial score (nSPS) is 20.9. The summed E-state index contributed by atoms with van der Waals surface area (Å²) in [4.78, 5) is 19.1. The molecule has 6 nitrogen and oxygen atoms in total. The van der Waals surface area contributed by atoms with Gasteiger partial charge in [0.05, 0.1) is 0 Å². The summed E-state index contributed by atoms with van der Waals surface area (Å²) < 4.78 is 5.35. The second-order valence-electron chi connectivity index (χ2n) is 7.06. The fourth-order valence-electron chi connectivity index (χ4n) is 3.37. The van der Waals surface area contributed by atoms with Crippen LogP contribution in [0.15, 0.2) is 28.8 Å². The molecular formula is C19H24N4O2. The Morgan fingerprint density at radius 3 is 2.72 bits per heavy atom. The number of rotatable bonds is 4. The van der Waals surface area contributed by atoms with E-state index in [0.29, 0.717) is 23.4 Å². The molecule has 1 N–H and O–H groups in total. The summed E-state index contributed by atoms with van der Waals surface area (Å²) >= 11 is 0. The molecule has 1 saturated heterocycles. The number of hydrogen-bond acceptors (Lipinski definition) is 5. The first kappa shape index (κ1) is 16.3. The maximum atomic E-state index is 12.8. The number of carbonyl (C=O) groups is 1. The average Bonchev–Trinajstić information content (AvgIpc) is 3.44. The van der Waals surface area contributed by atoms with Crippen LogP contribution in [-0.4, -0.2) is 47.1 Å². The van der Waals surface area contributed by atoms with Crippen LogP contribution in [0.1, 0.15) is 54.2 Å². The van der Waals surface area contributed by atoms with Gasteiger partial charge < -0.3 is 14.7 Å². The smallest absolute Gasteiger partial charge is 0.257 e. The van der Waals surface area contributed by atoms with Crippen LogP contribution in [0.2, 0.25) is 0 Å². The fourth-order valence-corrected chi connectivity index (χ4v) is 3.37. The number of aromatic nitrogens is 2. The summed E-state index contributed by atoms with van der Waals surface area (Å²) in [5.74, 6) is 1.88. The van der Waals surface area contributed by atoms with Crippen LogP contribution in [0.4, 0.5) is 0 Å². The lowest BCUT2D eigenvalue weighted by molar-refractivity contribution is 0.0720. The van der Waals surface area contributed by atoms with Crippen molar-refractivity contribution in [3.63, 3.8) is 0 Å². The Hall–Kier alpha value is -2.21. The predicted octanol–water partition coefficient (Wildman–Crippen LogP) is 2.83. The Kier molecular flexibility index (Phi) is 4.53. The summed E-state index contributed by atoms with van der Waals surface area (Å²) in [7, 11) is 1.91. The summed E-state index contributed by atoms with van der Waals surface area (Å²) in [6.45, 7) is 2.02. The van der Waals surface area contributed by atoms with Gasteiger partial charge in [0.15, 0.2) is 5.82 Å². The zero-order valence-corrected chi connectivity index (χ0v) is 14.6. The molecule has 0 spiro atoms. The summed E-state index contributed by atoms with van der Waals surface area (Å²) in [5.41, 5.74) is 1.56. The van der Waals surface area contributed by atoms with Crippen LogP contribution in [0, 0.1) is 0 Å². The first-order valence-corrected chi connectivity index (χ1v) is 9.14. The van der Waals surface area contributed by atoms with Crippen LogP contribution < -0.4 is 5.32 Å². The van der Waals surface area contributed by atoms with Crippen molar-refractivity contribution in [1.29, 1.82) is 0 Å². The Morgan fingerprint density at radius 1 is 1.16 bits per heavy atom. The molecule has 6 heteroatoms. The fraction of sp³-hybridized carbons (Fsp3) is 0.526. The second-order valence-corrected chi connectivity index (χ2v) is 7.06. The maximum Gasteiger partial charge on any atom is 0.257 e. The van der Waals surface area contributed by atoms with Crippen LogP contribution in [-0.2, 0) is 0 Å². The van der Waals surface area contributed by atoms with Crippen LogP contribution in [0.5, 0.6) is 0 Å². The first-order valence-electron chi connectivity index (χ1n) is 9.14. The summed E-state index contributed by atoms with van der Waals surface area (Å²) in [5, 5.41) is 7.43. The molecule has 1 aromatic heterocycles. The molecule has 2 heterocycles. The van der Waals surface area contributed by atoms with Gasteiger partial charge in [-0.3, -0.25) is 4.79 Å². The zero-order valence-electron chi connectivity index (χ0n) is 14.6. The molecule has 2 aliphatic rings. The van der Waals surface area contributed by atoms with E-state index in [1.54, 1.807) is 0 Å². The van der Waals surface area contributed by atoms with Gasteiger partial charge in [-0.1, -0.05) is 5.16 Å². The van der Waals surface area contributed by atoms with Crippen LogP contribution in [0.25, 0.3) is 11.5 Å². The minimum absolute atomic E-state index is 0.0719. The molecule has 0 radical (unpaired) electrons. The van der Waals surface area contributed by atoms with Crippen molar-refractivity contribution in [2.24, 2.45) is 0 Å². The monoisotopic (exact) mass is 340 g/mol. The molecule has 132 valence electrons. The Morgan fingerprint density at radius 2 is 1.96 bits per heavy atom. The van der Waals surface area contributed by atoms with E-state index in [1.807, 2.05) is 36.2 Å². The molecule has 25 heavy (non-hydrogen) atoms. The van der Waals surface area contributed by atoms with E-state index in [0.717, 1.165) is 56.6 Å². The van der Waals surface area contributed by atoms with Gasteiger partial charge >= 0.3 is 0 Å². The Labute approximate surface area is 147 Å². The van der Waals surface area contributed by atoms with Gasteiger partial charge in [-0.25, -0.2) is 0 Å². The summed E-state index contributed by atoms with van der Waals surface area (Å²) in [6, 6.07) is 7.79. The standard InChI is InChI=1S/C19H24N4O2/c1-23(16-3-2-11-20-12-10-16)19(24)15-8-6-14(7-9-15)18-21-17(22-25-18)13-4-5-13/h6-9,13,16,20H,2-5,10-12H2,1H3. The van der Waals surface area contributed by atoms with E-state index >= 15 is 0 Å². The van der Waals surface area contributed by atoms with E-state index in [1.165, 1.54) is 0 Å². The lowest BCUT2D eigenvalue weighted by Gasteiger charge is -2.27. The topological polar surface area (TPSA) is 71.3 Å². The molecular weight excluding hydrogens is 316 g/mol. The van der Waals surface area contributed by atoms with Crippen molar-refractivity contribution in [1.82, 2.24) is 20.4 Å². The van der Waals surface area contributed by atoms with Crippen molar-refractivity contribution in [2.45, 2.75) is 44.1 Å². The minimum atomic E-state index is 0.0719. The van der Waals surface area contributed by atoms with Crippen molar-refractivity contribution in [3.05, 3.63) is 35.7 Å². The van der Waals surface area contributed by atoms with Gasteiger partial charge in [0.1, 0.15) is 0 Å². The lowest BCUT2D eigenvalue weighted by atomic mass is 10.1. The van der Waals surface area contributed by atoms with Crippen molar-refractivity contribution >= 4 is 5.91 Å². The number of amides is 1. The highest BCUT2D eigenvalue weighted by Crippen LogP contribution is 2.38. The molecule has 1 aliphatic carbocycles. The van der Waals surface area contributed by atoms with Crippen molar-refractivity contribution < 1.29 is 9.32 Å². The van der Waals surface area contributed by atoms with Gasteiger partial charge in [0, 0.05) is 30.1 Å². The molecule has 4 rings (SSSR count). The van der Waals surface area contributed by atoms with Crippen LogP contribution >= 0.6 is 0 Å². The highest BCUT2D eigenvalue weighted by molar-refractivity contribution is 5.94. The van der Waals surface area contributed by atoms with E-state index in [9.17, 15) is 4.79 Å². The number of hydrogen-bond donors (Lipinski definition) is 1. The Bertz CT molecular complexity index is 728. The van der Waals surface area contributed by atoms with E-state index in [2.05, 4.69) is 15.5 Å². The number of nitrogens with zero attached hydrogens (tertiary/aromatic N) is 3. The van der Waals surface area contributed by atoms with E-state index in [-0.39, 0.29) is 5.91 Å². The molecule has 2 fully saturated rings. The lowest BCUT2D eigenvalue weighted by Crippen LogP contribution is -2.37. The number of benzene rings is 1. The first-order chi connectivity index (χ1) is 12.2. The third-order valence-electron chi connectivity index (χ3n) is 5.18. The number of nitrogens with one attached hydrogen (secondary N) is 1. The van der Waals surface area contributed by atoms with Gasteiger partial charge in [-0.15, -0.1) is 0 Å². The Balaban J connectivity index is 1.45. The van der Waals surface area contributed by atoms with Crippen LogP contribution in [0.3, 0.4) is 0 Å². The molecule has 2 aromatic rings. The third kappa shape index (κ3) is 3.58. The largest absolute Gasteiger partial charge is 0.339 e. The predicted molar refractivity (Wildman–Crippen MR) is 94.3 cm³/mol. The molecule has 1 aromatic carbocycles. The summed E-state index contributed by atoms with van der Waals surface area (Å²) in [6.07, 6.45) is 5.47. The molecule has 1 aliphatic heterocycles. The molecule has 1 amide bonds. The maximum absolute atomic E-state index is 12.8. The van der Waals surface area contributed by atoms with Gasteiger partial charge in [-0.2, -0.15) is 4.98 Å². The highest BCUT2D eigenvalue weighted by atomic mass is 16.5. The number of carbonyl (C=O) groups excluding carboxylic acids is 1. The van der Waals surface area contributed by atoms with E-state index < -0.39 is 0 Å². The minimum Gasteiger partial charge on any atom is -0.339 e. The zero-order chi connectivity index (χ0) is 17.2. The highest BCUT2D eigenvalue weighted by Gasteiger charge is 2.29. The van der Waals surface area contributed by atoms with Gasteiger partial charge in [0.25, 0.3) is 11.8 Å². The molecule has 1 saturated carbocycles. The third-order valence-corrected chi connectivity index (χ3v) is 5.18. The average molecular weight is 340 g/mol. The molecule has 0 bridgehead atoms. The molecule has 1 atom stereocenters.